The minimum absolute atomic E-state index is 0.00266. The van der Waals surface area contributed by atoms with Crippen molar-refractivity contribution in [1.82, 2.24) is 47.9 Å². The van der Waals surface area contributed by atoms with Gasteiger partial charge in [-0.3, -0.25) is 47.9 Å². The van der Waals surface area contributed by atoms with E-state index < -0.39 is 181 Å². The summed E-state index contributed by atoms with van der Waals surface area (Å²) >= 11 is 5.87. The second kappa shape index (κ2) is 39.2. The standard InChI is InChI=1S/C53H83ClN12O20/c1-4-6-9-21-85-30-12-10-11-28(22-30)14-15-29(68)23-38(70)58-36-26-86-53(84)41(37(69)25-54)65-51(81)42(43(73)52(82)83)66-44(74)31(5-2)59-50(80)40(27(3)67)64-47(77)34(17-20-57)61-45(75)32(13-7-8-18-55)60-48(78)35(24-39(71)72)63-46(76)33(16-19-56)62-49(36)79/h5,10-12,22,27,29,32-37,40-43,67-69,73H,4,6-9,13-21,23-26,55-57H2,1-3H3,(H,58,70)(H,59,80)(H,60,78)(H,61,75)(H,62,79)(H,63,76)(H,64,77)(H,65,81)(H,66,74)(H,71,72)(H,82,83)/b31-5-/t27-,29?,32-,33-,34-,35-,36+,37-,40+,41-,42+,43+/m1/s1. The molecular formula is C53H83ClN12O20. The lowest BCUT2D eigenvalue weighted by atomic mass is 10.0. The van der Waals surface area contributed by atoms with E-state index >= 15 is 0 Å². The molecule has 482 valence electrons. The Labute approximate surface area is 500 Å². The Morgan fingerprint density at radius 2 is 1.30 bits per heavy atom. The van der Waals surface area contributed by atoms with Crippen molar-refractivity contribution < 1.29 is 97.6 Å². The van der Waals surface area contributed by atoms with Crippen LogP contribution in [0.15, 0.2) is 36.0 Å². The lowest BCUT2D eigenvalue weighted by Crippen LogP contribution is -2.62. The zero-order chi connectivity index (χ0) is 64.6. The number of amides is 9. The summed E-state index contributed by atoms with van der Waals surface area (Å²) in [7, 11) is 0. The summed E-state index contributed by atoms with van der Waals surface area (Å²) in [5, 5.41) is 82.4. The number of unbranched alkanes of at least 4 members (excludes halogenated alkanes) is 3. The third-order valence-corrected chi connectivity index (χ3v) is 13.3. The molecule has 0 aliphatic carbocycles. The fourth-order valence-corrected chi connectivity index (χ4v) is 8.38. The number of carbonyl (C=O) groups is 12. The highest BCUT2D eigenvalue weighted by Crippen LogP contribution is 2.17. The third kappa shape index (κ3) is 25.9. The van der Waals surface area contributed by atoms with Crippen LogP contribution in [-0.2, 0) is 68.7 Å². The Morgan fingerprint density at radius 1 is 0.721 bits per heavy atom. The number of cyclic esters (lactones) is 1. The van der Waals surface area contributed by atoms with Crippen molar-refractivity contribution in [2.75, 3.05) is 38.7 Å². The lowest BCUT2D eigenvalue weighted by Gasteiger charge is -2.28. The molecule has 1 saturated heterocycles. The number of ether oxygens (including phenoxy) is 2. The highest BCUT2D eigenvalue weighted by atomic mass is 35.5. The maximum atomic E-state index is 14.2. The van der Waals surface area contributed by atoms with Crippen LogP contribution in [0.25, 0.3) is 0 Å². The van der Waals surface area contributed by atoms with Gasteiger partial charge in [0.05, 0.1) is 43.6 Å². The molecule has 1 fully saturated rings. The Balaban J connectivity index is 2.78. The molecule has 9 amide bonds. The molecule has 33 heteroatoms. The van der Waals surface area contributed by atoms with E-state index in [1.807, 2.05) is 17.6 Å². The highest BCUT2D eigenvalue weighted by Gasteiger charge is 2.41. The second-order valence-corrected chi connectivity index (χ2v) is 20.3. The van der Waals surface area contributed by atoms with Crippen molar-refractivity contribution in [2.45, 2.75) is 171 Å². The number of aliphatic hydroxyl groups is 4. The second-order valence-electron chi connectivity index (χ2n) is 20.0. The first-order valence-corrected chi connectivity index (χ1v) is 28.4. The molecule has 1 unspecified atom stereocenters. The number of esters is 1. The largest absolute Gasteiger partial charge is 0.494 e. The summed E-state index contributed by atoms with van der Waals surface area (Å²) in [4.78, 5) is 163. The van der Waals surface area contributed by atoms with E-state index in [-0.39, 0.29) is 58.2 Å². The number of hydrogen-bond acceptors (Lipinski definition) is 21. The first kappa shape index (κ1) is 74.5. The van der Waals surface area contributed by atoms with Gasteiger partial charge >= 0.3 is 17.9 Å². The van der Waals surface area contributed by atoms with Crippen LogP contribution in [0, 0.1) is 0 Å². The van der Waals surface area contributed by atoms with Crippen LogP contribution in [0.4, 0.5) is 0 Å². The van der Waals surface area contributed by atoms with Gasteiger partial charge in [-0.2, -0.15) is 0 Å². The van der Waals surface area contributed by atoms with Gasteiger partial charge in [-0.15, -0.1) is 11.6 Å². The van der Waals surface area contributed by atoms with E-state index in [9.17, 15) is 88.2 Å². The minimum atomic E-state index is -2.85. The summed E-state index contributed by atoms with van der Waals surface area (Å²) in [6.45, 7) is 2.95. The van der Waals surface area contributed by atoms with Gasteiger partial charge < -0.3 is 105 Å². The molecule has 32 nitrogen and oxygen atoms in total. The number of aliphatic hydroxyl groups excluding tert-OH is 4. The number of carboxylic acids is 2. The van der Waals surface area contributed by atoms with Gasteiger partial charge in [0.15, 0.2) is 12.1 Å². The van der Waals surface area contributed by atoms with Crippen LogP contribution in [0.2, 0.25) is 0 Å². The summed E-state index contributed by atoms with van der Waals surface area (Å²) in [5.74, 6) is -17.4. The number of alkyl halides is 1. The number of aliphatic carboxylic acids is 2. The number of carbonyl (C=O) groups excluding carboxylic acids is 10. The molecule has 0 bridgehead atoms. The van der Waals surface area contributed by atoms with E-state index in [2.05, 4.69) is 37.2 Å². The number of halogens is 1. The number of nitrogens with one attached hydrogen (secondary N) is 9. The van der Waals surface area contributed by atoms with Gasteiger partial charge in [0.2, 0.25) is 47.3 Å². The van der Waals surface area contributed by atoms with Gasteiger partial charge in [0.1, 0.15) is 60.3 Å². The molecule has 0 radical (unpaired) electrons. The number of carboxylic acid groups (broad SMARTS) is 2. The first-order valence-electron chi connectivity index (χ1n) is 27.9. The number of allylic oxidation sites excluding steroid dienone is 1. The van der Waals surface area contributed by atoms with Crippen LogP contribution >= 0.6 is 11.6 Å². The maximum Gasteiger partial charge on any atom is 0.335 e. The summed E-state index contributed by atoms with van der Waals surface area (Å²) < 4.78 is 11.1. The molecule has 12 atom stereocenters. The zero-order valence-corrected chi connectivity index (χ0v) is 48.8. The molecule has 0 spiro atoms. The molecule has 2 rings (SSSR count). The van der Waals surface area contributed by atoms with Gasteiger partial charge in [-0.25, -0.2) is 9.59 Å². The van der Waals surface area contributed by atoms with Gasteiger partial charge in [-0.1, -0.05) is 38.0 Å². The lowest BCUT2D eigenvalue weighted by molar-refractivity contribution is -0.155. The summed E-state index contributed by atoms with van der Waals surface area (Å²) in [6.07, 6.45) is -6.56. The quantitative estimate of drug-likeness (QED) is 0.0178. The third-order valence-electron chi connectivity index (χ3n) is 13.0. The van der Waals surface area contributed by atoms with Crippen LogP contribution in [-0.4, -0.2) is 213 Å². The molecule has 1 aliphatic rings. The number of aryl methyl sites for hydroxylation is 1. The Morgan fingerprint density at radius 3 is 1.86 bits per heavy atom. The molecule has 0 aromatic heterocycles. The van der Waals surface area contributed by atoms with Crippen molar-refractivity contribution in [3.05, 3.63) is 41.6 Å². The van der Waals surface area contributed by atoms with Crippen LogP contribution in [0.5, 0.6) is 5.75 Å². The van der Waals surface area contributed by atoms with Crippen molar-refractivity contribution in [3.63, 3.8) is 0 Å². The average molecular weight is 1240 g/mol. The summed E-state index contributed by atoms with van der Waals surface area (Å²) in [5.41, 5.74) is 17.2. The Bertz CT molecular complexity index is 2510. The first-order chi connectivity index (χ1) is 40.7. The topological polar surface area (TPSA) is 531 Å². The zero-order valence-electron chi connectivity index (χ0n) is 48.1. The van der Waals surface area contributed by atoms with E-state index in [4.69, 9.17) is 38.3 Å². The minimum Gasteiger partial charge on any atom is -0.494 e. The molecular weight excluding hydrogens is 1160 g/mol. The molecule has 1 aromatic rings. The smallest absolute Gasteiger partial charge is 0.335 e. The van der Waals surface area contributed by atoms with Crippen LogP contribution in [0.3, 0.4) is 0 Å². The van der Waals surface area contributed by atoms with Gasteiger partial charge in [0, 0.05) is 0 Å². The molecule has 1 aliphatic heterocycles. The molecule has 1 aromatic carbocycles. The maximum absolute atomic E-state index is 14.2. The van der Waals surface area contributed by atoms with Crippen molar-refractivity contribution in [2.24, 2.45) is 17.2 Å². The van der Waals surface area contributed by atoms with Crippen LogP contribution < -0.4 is 69.8 Å². The Hall–Kier alpha value is -7.59. The Kier molecular flexibility index (Phi) is 33.9. The van der Waals surface area contributed by atoms with Gasteiger partial charge in [-0.05, 0) is 103 Å². The molecule has 86 heavy (non-hydrogen) atoms. The SMILES string of the molecule is C/C=C1\NC(=O)[C@H]([C@@H](C)O)NC(=O)[C@@H](CCN)NC(=O)[C@@H](CCCCN)NC(=O)[C@@H](CC(=O)O)NC(=O)[C@@H](CCN)NC(=O)[C@@H](NC(=O)CC(O)CCc2cccc(OCCCCC)c2)COC(=O)[C@@H]([C@H](O)CCl)NC(=O)[C@H]([C@H](O)C(=O)O)NC1=O. The monoisotopic (exact) mass is 1240 g/mol. The fraction of sp³-hybridized carbons (Fsp3) is 0.623. The van der Waals surface area contributed by atoms with Gasteiger partial charge in [0.25, 0.3) is 5.91 Å². The fourth-order valence-electron chi connectivity index (χ4n) is 8.20. The van der Waals surface area contributed by atoms with Crippen molar-refractivity contribution in [1.29, 1.82) is 0 Å². The molecule has 21 N–H and O–H groups in total. The predicted molar refractivity (Wildman–Crippen MR) is 303 cm³/mol. The number of nitrogens with two attached hydrogens (primary N) is 3. The average Bonchev–Trinajstić information content (AvgIpc) is 3.24. The number of hydrogen-bond donors (Lipinski definition) is 18. The van der Waals surface area contributed by atoms with E-state index in [0.717, 1.165) is 44.7 Å². The van der Waals surface area contributed by atoms with Crippen molar-refractivity contribution >= 4 is 82.7 Å². The normalized spacial score (nSPS) is 24.0. The molecule has 1 heterocycles. The summed E-state index contributed by atoms with van der Waals surface area (Å²) in [6, 6.07) is -8.94. The number of rotatable bonds is 26. The highest BCUT2D eigenvalue weighted by molar-refractivity contribution is 6.18. The molecule has 0 saturated carbocycles. The van der Waals surface area contributed by atoms with E-state index in [0.29, 0.717) is 12.4 Å². The van der Waals surface area contributed by atoms with E-state index in [1.165, 1.54) is 0 Å². The van der Waals surface area contributed by atoms with Crippen LogP contribution in [0.1, 0.15) is 97.0 Å². The van der Waals surface area contributed by atoms with E-state index in [1.54, 1.807) is 24.3 Å². The van der Waals surface area contributed by atoms with Crippen molar-refractivity contribution in [3.8, 4) is 5.75 Å². The predicted octanol–water partition coefficient (Wildman–Crippen LogP) is -5.88. The number of benzene rings is 1.